The normalized spacial score (nSPS) is 12.0. The second-order valence-electron chi connectivity index (χ2n) is 3.03. The fraction of sp³-hybridized carbons (Fsp3) is 0.0833. The van der Waals surface area contributed by atoms with Gasteiger partial charge in [-0.25, -0.2) is 0 Å². The van der Waals surface area contributed by atoms with Crippen LogP contribution in [0.2, 0.25) is 5.02 Å². The molecule has 78 valence electrons. The Labute approximate surface area is 93.5 Å². The van der Waals surface area contributed by atoms with E-state index in [9.17, 15) is 9.90 Å². The van der Waals surface area contributed by atoms with Crippen molar-refractivity contribution >= 4 is 23.1 Å². The van der Waals surface area contributed by atoms with Crippen molar-refractivity contribution in [2.75, 3.05) is 0 Å². The molecule has 0 aliphatic heterocycles. The van der Waals surface area contributed by atoms with Crippen molar-refractivity contribution < 1.29 is 9.90 Å². The fourth-order valence-electron chi connectivity index (χ4n) is 0.992. The lowest BCUT2D eigenvalue weighted by molar-refractivity contribution is -0.112. The standard InChI is InChI=1S/C12H11ClO2/c1-9(14)3-2-4-12(15)10-5-7-11(13)8-6-10/h2-8,15H,1H3/b3-2+,12-4-. The summed E-state index contributed by atoms with van der Waals surface area (Å²) in [5.41, 5.74) is 0.660. The van der Waals surface area contributed by atoms with Crippen molar-refractivity contribution in [3.05, 3.63) is 53.1 Å². The number of benzene rings is 1. The molecule has 0 aliphatic carbocycles. The van der Waals surface area contributed by atoms with Gasteiger partial charge in [0, 0.05) is 10.6 Å². The van der Waals surface area contributed by atoms with Crippen molar-refractivity contribution in [3.63, 3.8) is 0 Å². The van der Waals surface area contributed by atoms with Gasteiger partial charge in [-0.2, -0.15) is 0 Å². The molecular formula is C12H11ClO2. The molecule has 1 rings (SSSR count). The van der Waals surface area contributed by atoms with Crippen LogP contribution in [0.4, 0.5) is 0 Å². The number of carbonyl (C=O) groups is 1. The van der Waals surface area contributed by atoms with Gasteiger partial charge in [-0.15, -0.1) is 0 Å². The van der Waals surface area contributed by atoms with E-state index < -0.39 is 0 Å². The third kappa shape index (κ3) is 4.00. The molecular weight excluding hydrogens is 212 g/mol. The molecule has 1 aromatic carbocycles. The molecule has 0 unspecified atom stereocenters. The molecule has 0 saturated heterocycles. The first kappa shape index (κ1) is 11.5. The molecule has 2 nitrogen and oxygen atoms in total. The molecule has 0 spiro atoms. The molecule has 0 aliphatic rings. The van der Waals surface area contributed by atoms with E-state index in [-0.39, 0.29) is 11.5 Å². The zero-order valence-electron chi connectivity index (χ0n) is 8.27. The Hall–Kier alpha value is -1.54. The Morgan fingerprint density at radius 3 is 2.47 bits per heavy atom. The molecule has 15 heavy (non-hydrogen) atoms. The van der Waals surface area contributed by atoms with E-state index in [1.54, 1.807) is 24.3 Å². The van der Waals surface area contributed by atoms with E-state index in [1.165, 1.54) is 25.2 Å². The molecule has 1 N–H and O–H groups in total. The van der Waals surface area contributed by atoms with Crippen LogP contribution in [-0.4, -0.2) is 10.9 Å². The number of hydrogen-bond donors (Lipinski definition) is 1. The maximum Gasteiger partial charge on any atom is 0.152 e. The molecule has 1 aromatic rings. The second-order valence-corrected chi connectivity index (χ2v) is 3.47. The number of hydrogen-bond acceptors (Lipinski definition) is 2. The number of carbonyl (C=O) groups excluding carboxylic acids is 1. The van der Waals surface area contributed by atoms with Gasteiger partial charge in [-0.1, -0.05) is 17.7 Å². The van der Waals surface area contributed by atoms with Gasteiger partial charge < -0.3 is 5.11 Å². The largest absolute Gasteiger partial charge is 0.507 e. The molecule has 0 bridgehead atoms. The van der Waals surface area contributed by atoms with E-state index in [4.69, 9.17) is 11.6 Å². The van der Waals surface area contributed by atoms with Gasteiger partial charge in [0.05, 0.1) is 0 Å². The SMILES string of the molecule is CC(=O)/C=C/C=C(\O)c1ccc(Cl)cc1. The number of aliphatic hydroxyl groups is 1. The molecule has 0 aromatic heterocycles. The number of allylic oxidation sites excluding steroid dienone is 3. The van der Waals surface area contributed by atoms with Crippen LogP contribution in [0, 0.1) is 0 Å². The molecule has 0 radical (unpaired) electrons. The van der Waals surface area contributed by atoms with Crippen molar-refractivity contribution in [2.45, 2.75) is 6.92 Å². The highest BCUT2D eigenvalue weighted by Gasteiger charge is 1.96. The van der Waals surface area contributed by atoms with E-state index in [0.29, 0.717) is 10.6 Å². The summed E-state index contributed by atoms with van der Waals surface area (Å²) in [6.07, 6.45) is 4.35. The smallest absolute Gasteiger partial charge is 0.152 e. The lowest BCUT2D eigenvalue weighted by Crippen LogP contribution is -1.82. The minimum Gasteiger partial charge on any atom is -0.507 e. The molecule has 3 heteroatoms. The van der Waals surface area contributed by atoms with Crippen LogP contribution >= 0.6 is 11.6 Å². The average Bonchev–Trinajstić information content (AvgIpc) is 2.18. The predicted molar refractivity (Wildman–Crippen MR) is 61.9 cm³/mol. The van der Waals surface area contributed by atoms with Crippen molar-refractivity contribution in [1.29, 1.82) is 0 Å². The summed E-state index contributed by atoms with van der Waals surface area (Å²) >= 11 is 5.70. The van der Waals surface area contributed by atoms with Gasteiger partial charge in [0.1, 0.15) is 5.76 Å². The van der Waals surface area contributed by atoms with Crippen molar-refractivity contribution in [2.24, 2.45) is 0 Å². The first-order valence-corrected chi connectivity index (χ1v) is 4.81. The summed E-state index contributed by atoms with van der Waals surface area (Å²) in [7, 11) is 0. The summed E-state index contributed by atoms with van der Waals surface area (Å²) in [5, 5.41) is 10.2. The van der Waals surface area contributed by atoms with Crippen LogP contribution < -0.4 is 0 Å². The first-order chi connectivity index (χ1) is 7.09. The fourth-order valence-corrected chi connectivity index (χ4v) is 1.12. The maximum absolute atomic E-state index is 10.6. The van der Waals surface area contributed by atoms with E-state index in [1.807, 2.05) is 0 Å². The van der Waals surface area contributed by atoms with Crippen LogP contribution in [0.25, 0.3) is 5.76 Å². The average molecular weight is 223 g/mol. The molecule has 0 amide bonds. The van der Waals surface area contributed by atoms with Gasteiger partial charge in [-0.05, 0) is 43.3 Å². The molecule has 0 fully saturated rings. The predicted octanol–water partition coefficient (Wildman–Crippen LogP) is 3.38. The second kappa shape index (κ2) is 5.37. The topological polar surface area (TPSA) is 37.3 Å². The minimum atomic E-state index is -0.0600. The molecule has 0 atom stereocenters. The number of rotatable bonds is 3. The van der Waals surface area contributed by atoms with E-state index >= 15 is 0 Å². The third-order valence-electron chi connectivity index (χ3n) is 1.73. The van der Waals surface area contributed by atoms with Gasteiger partial charge in [0.25, 0.3) is 0 Å². The monoisotopic (exact) mass is 222 g/mol. The minimum absolute atomic E-state index is 0.0600. The van der Waals surface area contributed by atoms with Crippen LogP contribution in [0.3, 0.4) is 0 Å². The Kier molecular flexibility index (Phi) is 4.13. The van der Waals surface area contributed by atoms with Crippen LogP contribution in [-0.2, 0) is 4.79 Å². The van der Waals surface area contributed by atoms with Gasteiger partial charge in [0.2, 0.25) is 0 Å². The summed E-state index contributed by atoms with van der Waals surface area (Å²) in [6, 6.07) is 6.79. The lowest BCUT2D eigenvalue weighted by Gasteiger charge is -1.98. The summed E-state index contributed by atoms with van der Waals surface area (Å²) in [5.74, 6) is 0.0410. The highest BCUT2D eigenvalue weighted by Crippen LogP contribution is 2.15. The van der Waals surface area contributed by atoms with Crippen molar-refractivity contribution in [1.82, 2.24) is 0 Å². The number of aliphatic hydroxyl groups excluding tert-OH is 1. The van der Waals surface area contributed by atoms with Crippen molar-refractivity contribution in [3.8, 4) is 0 Å². The number of halogens is 1. The Morgan fingerprint density at radius 1 is 1.33 bits per heavy atom. The van der Waals surface area contributed by atoms with Gasteiger partial charge >= 0.3 is 0 Å². The lowest BCUT2D eigenvalue weighted by atomic mass is 10.2. The third-order valence-corrected chi connectivity index (χ3v) is 1.98. The molecule has 0 heterocycles. The van der Waals surface area contributed by atoms with E-state index in [2.05, 4.69) is 0 Å². The highest BCUT2D eigenvalue weighted by atomic mass is 35.5. The maximum atomic E-state index is 10.6. The summed E-state index contributed by atoms with van der Waals surface area (Å²) < 4.78 is 0. The summed E-state index contributed by atoms with van der Waals surface area (Å²) in [4.78, 5) is 10.6. The van der Waals surface area contributed by atoms with Crippen LogP contribution in [0.15, 0.2) is 42.5 Å². The summed E-state index contributed by atoms with van der Waals surface area (Å²) in [6.45, 7) is 1.45. The zero-order chi connectivity index (χ0) is 11.3. The number of ketones is 1. The van der Waals surface area contributed by atoms with Gasteiger partial charge in [0.15, 0.2) is 5.78 Å². The Morgan fingerprint density at radius 2 is 1.93 bits per heavy atom. The first-order valence-electron chi connectivity index (χ1n) is 4.43. The van der Waals surface area contributed by atoms with Crippen LogP contribution in [0.5, 0.6) is 0 Å². The van der Waals surface area contributed by atoms with E-state index in [0.717, 1.165) is 0 Å². The van der Waals surface area contributed by atoms with Crippen LogP contribution in [0.1, 0.15) is 12.5 Å². The Bertz CT molecular complexity index is 402. The van der Waals surface area contributed by atoms with Gasteiger partial charge in [-0.3, -0.25) is 4.79 Å². The zero-order valence-corrected chi connectivity index (χ0v) is 9.03. The Balaban J connectivity index is 2.80. The molecule has 0 saturated carbocycles. The highest BCUT2D eigenvalue weighted by molar-refractivity contribution is 6.30. The quantitative estimate of drug-likeness (QED) is 0.484.